The molecule has 0 aliphatic rings. The quantitative estimate of drug-likeness (QED) is 0.0878. The van der Waals surface area contributed by atoms with E-state index < -0.39 is 0 Å². The number of rotatable bonds is 31. The van der Waals surface area contributed by atoms with Gasteiger partial charge in [0.05, 0.1) is 0 Å². The lowest BCUT2D eigenvalue weighted by atomic mass is 10.0. The van der Waals surface area contributed by atoms with Crippen molar-refractivity contribution >= 4 is 5.91 Å². The van der Waals surface area contributed by atoms with Crippen LogP contribution in [0.15, 0.2) is 0 Å². The Bertz CT molecular complexity index is 458. The largest absolute Gasteiger partial charge is 0.356 e. The lowest BCUT2D eigenvalue weighted by Crippen LogP contribution is -2.23. The molecule has 0 aromatic heterocycles. The van der Waals surface area contributed by atoms with E-state index in [1.807, 2.05) is 0 Å². The fourth-order valence-electron chi connectivity index (χ4n) is 5.54. The van der Waals surface area contributed by atoms with Crippen LogP contribution in [0.25, 0.3) is 0 Å². The van der Waals surface area contributed by atoms with Crippen LogP contribution in [-0.4, -0.2) is 12.5 Å². The van der Waals surface area contributed by atoms with Gasteiger partial charge < -0.3 is 5.32 Å². The molecule has 0 saturated carbocycles. The van der Waals surface area contributed by atoms with Gasteiger partial charge in [0.1, 0.15) is 0 Å². The molecular formula is C36H73NO. The van der Waals surface area contributed by atoms with Crippen molar-refractivity contribution in [3.63, 3.8) is 0 Å². The number of amides is 1. The highest BCUT2D eigenvalue weighted by Crippen LogP contribution is 2.16. The Morgan fingerprint density at radius 1 is 0.395 bits per heavy atom. The van der Waals surface area contributed by atoms with Gasteiger partial charge in [0.25, 0.3) is 0 Å². The molecule has 2 heteroatoms. The Hall–Kier alpha value is -0.530. The maximum Gasteiger partial charge on any atom is 0.219 e. The van der Waals surface area contributed by atoms with Gasteiger partial charge in [0.2, 0.25) is 5.91 Å². The highest BCUT2D eigenvalue weighted by molar-refractivity contribution is 5.75. The van der Waals surface area contributed by atoms with Crippen LogP contribution >= 0.6 is 0 Å². The van der Waals surface area contributed by atoms with Gasteiger partial charge in [0, 0.05) is 13.0 Å². The molecule has 0 saturated heterocycles. The van der Waals surface area contributed by atoms with Crippen LogP contribution < -0.4 is 5.32 Å². The second-order valence-electron chi connectivity index (χ2n) is 13.3. The van der Waals surface area contributed by atoms with Gasteiger partial charge >= 0.3 is 0 Å². The maximum atomic E-state index is 12.0. The highest BCUT2D eigenvalue weighted by atomic mass is 16.1. The molecule has 38 heavy (non-hydrogen) atoms. The minimum Gasteiger partial charge on any atom is -0.356 e. The van der Waals surface area contributed by atoms with E-state index >= 15 is 0 Å². The van der Waals surface area contributed by atoms with Crippen LogP contribution in [0.2, 0.25) is 0 Å². The molecule has 0 unspecified atom stereocenters. The summed E-state index contributed by atoms with van der Waals surface area (Å²) in [5.74, 6) is 2.03. The Kier molecular flexibility index (Phi) is 30.6. The first-order valence-corrected chi connectivity index (χ1v) is 17.8. The van der Waals surface area contributed by atoms with Crippen molar-refractivity contribution in [2.24, 2.45) is 11.8 Å². The molecule has 1 N–H and O–H groups in total. The van der Waals surface area contributed by atoms with Crippen molar-refractivity contribution in [1.29, 1.82) is 0 Å². The number of hydrogen-bond donors (Lipinski definition) is 1. The van der Waals surface area contributed by atoms with E-state index in [-0.39, 0.29) is 5.91 Å². The first kappa shape index (κ1) is 37.5. The Labute approximate surface area is 241 Å². The number of carbonyl (C=O) groups excluding carboxylic acids is 1. The van der Waals surface area contributed by atoms with E-state index in [1.165, 1.54) is 161 Å². The molecule has 0 atom stereocenters. The number of unbranched alkanes of at least 4 members (excludes halogenated alkanes) is 23. The lowest BCUT2D eigenvalue weighted by molar-refractivity contribution is -0.121. The molecule has 0 radical (unpaired) electrons. The summed E-state index contributed by atoms with van der Waals surface area (Å²) >= 11 is 0. The second-order valence-corrected chi connectivity index (χ2v) is 13.3. The van der Waals surface area contributed by atoms with Gasteiger partial charge in [-0.1, -0.05) is 188 Å². The molecule has 0 fully saturated rings. The van der Waals surface area contributed by atoms with E-state index in [0.717, 1.165) is 37.6 Å². The molecule has 0 heterocycles. The van der Waals surface area contributed by atoms with Crippen LogP contribution in [-0.2, 0) is 4.79 Å². The highest BCUT2D eigenvalue weighted by Gasteiger charge is 2.01. The molecule has 0 spiro atoms. The zero-order chi connectivity index (χ0) is 27.9. The Balaban J connectivity index is 3.16. The summed E-state index contributed by atoms with van der Waals surface area (Å²) in [6.45, 7) is 10.2. The summed E-state index contributed by atoms with van der Waals surface area (Å²) in [5, 5.41) is 3.14. The lowest BCUT2D eigenvalue weighted by Gasteiger charge is -2.06. The average Bonchev–Trinajstić information content (AvgIpc) is 2.88. The first-order valence-electron chi connectivity index (χ1n) is 17.8. The third kappa shape index (κ3) is 33.5. The van der Waals surface area contributed by atoms with Crippen molar-refractivity contribution in [3.05, 3.63) is 0 Å². The van der Waals surface area contributed by atoms with Crippen LogP contribution in [0.4, 0.5) is 0 Å². The molecule has 0 aliphatic carbocycles. The van der Waals surface area contributed by atoms with Crippen molar-refractivity contribution in [2.75, 3.05) is 6.54 Å². The van der Waals surface area contributed by atoms with Crippen LogP contribution in [0.3, 0.4) is 0 Å². The van der Waals surface area contributed by atoms with Crippen LogP contribution in [0, 0.1) is 11.8 Å². The van der Waals surface area contributed by atoms with Crippen molar-refractivity contribution < 1.29 is 4.79 Å². The molecular weight excluding hydrogens is 462 g/mol. The SMILES string of the molecule is CC(C)CCCCCCCCCCCCCCCNC(=O)CCCCCCCCCCCCCCC(C)C. The van der Waals surface area contributed by atoms with Crippen molar-refractivity contribution in [2.45, 2.75) is 207 Å². The topological polar surface area (TPSA) is 29.1 Å². The maximum absolute atomic E-state index is 12.0. The molecule has 0 aromatic carbocycles. The van der Waals surface area contributed by atoms with E-state index in [4.69, 9.17) is 0 Å². The summed E-state index contributed by atoms with van der Waals surface area (Å²) < 4.78 is 0. The van der Waals surface area contributed by atoms with Gasteiger partial charge in [-0.15, -0.1) is 0 Å². The number of nitrogens with one attached hydrogen (secondary N) is 1. The number of hydrogen-bond acceptors (Lipinski definition) is 1. The average molecular weight is 536 g/mol. The van der Waals surface area contributed by atoms with E-state index in [9.17, 15) is 4.79 Å². The molecule has 0 rings (SSSR count). The van der Waals surface area contributed by atoms with Gasteiger partial charge in [-0.2, -0.15) is 0 Å². The predicted molar refractivity (Wildman–Crippen MR) is 172 cm³/mol. The third-order valence-corrected chi connectivity index (χ3v) is 8.22. The molecule has 0 aliphatic heterocycles. The normalized spacial score (nSPS) is 11.6. The van der Waals surface area contributed by atoms with Crippen molar-refractivity contribution in [1.82, 2.24) is 5.32 Å². The van der Waals surface area contributed by atoms with Gasteiger partial charge in [0.15, 0.2) is 0 Å². The summed E-state index contributed by atoms with van der Waals surface area (Å²) in [5.41, 5.74) is 0. The zero-order valence-corrected chi connectivity index (χ0v) is 27.1. The first-order chi connectivity index (χ1) is 18.5. The van der Waals surface area contributed by atoms with Crippen LogP contribution in [0.1, 0.15) is 207 Å². The van der Waals surface area contributed by atoms with E-state index in [1.54, 1.807) is 0 Å². The van der Waals surface area contributed by atoms with Gasteiger partial charge in [-0.25, -0.2) is 0 Å². The third-order valence-electron chi connectivity index (χ3n) is 8.22. The van der Waals surface area contributed by atoms with Gasteiger partial charge in [-0.3, -0.25) is 4.79 Å². The Morgan fingerprint density at radius 3 is 0.974 bits per heavy atom. The van der Waals surface area contributed by atoms with E-state index in [0.29, 0.717) is 0 Å². The summed E-state index contributed by atoms with van der Waals surface area (Å²) in [6, 6.07) is 0. The fourth-order valence-corrected chi connectivity index (χ4v) is 5.54. The smallest absolute Gasteiger partial charge is 0.219 e. The molecule has 1 amide bonds. The van der Waals surface area contributed by atoms with Crippen LogP contribution in [0.5, 0.6) is 0 Å². The predicted octanol–water partition coefficient (Wildman–Crippen LogP) is 12.3. The molecule has 0 bridgehead atoms. The minimum atomic E-state index is 0.276. The Morgan fingerprint density at radius 2 is 0.658 bits per heavy atom. The standard InChI is InChI=1S/C36H73NO/c1-34(2)30-26-22-18-14-10-6-5-9-13-17-21-25-29-33-37-36(38)32-28-24-20-16-12-8-7-11-15-19-23-27-31-35(3)4/h34-35H,5-33H2,1-4H3,(H,37,38). The summed E-state index contributed by atoms with van der Waals surface area (Å²) in [7, 11) is 0. The zero-order valence-electron chi connectivity index (χ0n) is 27.1. The second kappa shape index (κ2) is 31.0. The molecule has 228 valence electrons. The monoisotopic (exact) mass is 536 g/mol. The minimum absolute atomic E-state index is 0.276. The molecule has 0 aromatic rings. The van der Waals surface area contributed by atoms with Gasteiger partial charge in [-0.05, 0) is 24.7 Å². The summed E-state index contributed by atoms with van der Waals surface area (Å²) in [6.07, 6.45) is 37.9. The van der Waals surface area contributed by atoms with Crippen molar-refractivity contribution in [3.8, 4) is 0 Å². The fraction of sp³-hybridized carbons (Fsp3) is 0.972. The van der Waals surface area contributed by atoms with E-state index in [2.05, 4.69) is 33.0 Å². The number of carbonyl (C=O) groups is 1. The summed E-state index contributed by atoms with van der Waals surface area (Å²) in [4.78, 5) is 12.0. The molecule has 2 nitrogen and oxygen atoms in total.